The van der Waals surface area contributed by atoms with Gasteiger partial charge in [-0.1, -0.05) is 0 Å². The monoisotopic (exact) mass is 140 g/mol. The maximum atomic E-state index is 10.7. The predicted octanol–water partition coefficient (Wildman–Crippen LogP) is 0.562. The lowest BCUT2D eigenvalue weighted by Crippen LogP contribution is -2.29. The van der Waals surface area contributed by atoms with Crippen LogP contribution in [0.2, 0.25) is 0 Å². The summed E-state index contributed by atoms with van der Waals surface area (Å²) in [5.74, 6) is -0.168. The summed E-state index contributed by atoms with van der Waals surface area (Å²) in [6.45, 7) is 3.12. The predicted molar refractivity (Wildman–Crippen MR) is 32.0 cm³/mol. The van der Waals surface area contributed by atoms with Gasteiger partial charge in [0, 0.05) is 0 Å². The van der Waals surface area contributed by atoms with Crippen molar-refractivity contribution in [1.29, 1.82) is 0 Å². The van der Waals surface area contributed by atoms with Gasteiger partial charge in [-0.3, -0.25) is 4.79 Å². The Labute approximate surface area is 57.9 Å². The minimum atomic E-state index is -0.826. The first kappa shape index (κ1) is 6.80. The maximum Gasteiger partial charge on any atom is 0.442 e. The van der Waals surface area contributed by atoms with Crippen molar-refractivity contribution in [1.82, 2.24) is 5.32 Å². The smallest absolute Gasteiger partial charge is 0.413 e. The maximum absolute atomic E-state index is 10.7. The Bertz CT molecular complexity index is 229. The summed E-state index contributed by atoms with van der Waals surface area (Å²) in [6, 6.07) is 0. The van der Waals surface area contributed by atoms with Crippen LogP contribution in [0.3, 0.4) is 0 Å². The van der Waals surface area contributed by atoms with Crippen LogP contribution in [0.5, 0.6) is 0 Å². The number of allylic oxidation sites excluding steroid dienone is 1. The molecular formula is C6H6NO3. The highest BCUT2D eigenvalue weighted by atomic mass is 16.6. The second kappa shape index (κ2) is 2.13. The molecule has 1 radical (unpaired) electrons. The average molecular weight is 140 g/mol. The van der Waals surface area contributed by atoms with Gasteiger partial charge in [0.15, 0.2) is 0 Å². The fourth-order valence-corrected chi connectivity index (χ4v) is 0.548. The van der Waals surface area contributed by atoms with Crippen molar-refractivity contribution in [3.63, 3.8) is 0 Å². The molecule has 0 atom stereocenters. The summed E-state index contributed by atoms with van der Waals surface area (Å²) < 4.78 is 4.52. The van der Waals surface area contributed by atoms with Crippen molar-refractivity contribution in [2.75, 3.05) is 0 Å². The van der Waals surface area contributed by atoms with E-state index >= 15 is 0 Å². The van der Waals surface area contributed by atoms with Crippen molar-refractivity contribution >= 4 is 12.0 Å². The van der Waals surface area contributed by atoms with Crippen LogP contribution >= 0.6 is 0 Å². The van der Waals surface area contributed by atoms with Crippen LogP contribution in [-0.4, -0.2) is 12.0 Å². The third-order valence-corrected chi connectivity index (χ3v) is 1.28. The number of amides is 2. The number of imide groups is 1. The third-order valence-electron chi connectivity index (χ3n) is 1.28. The fourth-order valence-electron chi connectivity index (χ4n) is 0.548. The largest absolute Gasteiger partial charge is 0.442 e. The number of cyclic esters (lactones) is 1. The van der Waals surface area contributed by atoms with Gasteiger partial charge in [0.2, 0.25) is 0 Å². The molecule has 0 unspecified atom stereocenters. The third kappa shape index (κ3) is 1.00. The summed E-state index contributed by atoms with van der Waals surface area (Å²) >= 11 is 0. The summed E-state index contributed by atoms with van der Waals surface area (Å²) in [5, 5.41) is 3.06. The topological polar surface area (TPSA) is 57.5 Å². The molecule has 0 bridgehead atoms. The Morgan fingerprint density at radius 2 is 1.90 bits per heavy atom. The molecule has 1 rings (SSSR count). The van der Waals surface area contributed by atoms with Crippen molar-refractivity contribution in [3.8, 4) is 0 Å². The average Bonchev–Trinajstić information content (AvgIpc) is 1.82. The summed E-state index contributed by atoms with van der Waals surface area (Å²) in [7, 11) is 0. The first-order chi connectivity index (χ1) is 4.61. The highest BCUT2D eigenvalue weighted by molar-refractivity contribution is 6.04. The first-order valence-corrected chi connectivity index (χ1v) is 2.76. The lowest BCUT2D eigenvalue weighted by molar-refractivity contribution is -0.117. The summed E-state index contributed by atoms with van der Waals surface area (Å²) in [4.78, 5) is 21.1. The Kier molecular flexibility index (Phi) is 1.45. The van der Waals surface area contributed by atoms with Gasteiger partial charge in [-0.05, 0) is 13.8 Å². The molecule has 1 aliphatic rings. The van der Waals surface area contributed by atoms with Crippen LogP contribution in [0, 0.1) is 0 Å². The van der Waals surface area contributed by atoms with E-state index in [1.165, 1.54) is 0 Å². The Morgan fingerprint density at radius 1 is 1.30 bits per heavy atom. The lowest BCUT2D eigenvalue weighted by atomic mass is 10.2. The molecule has 0 aliphatic carbocycles. The van der Waals surface area contributed by atoms with Gasteiger partial charge in [-0.25, -0.2) is 4.79 Å². The quantitative estimate of drug-likeness (QED) is 0.494. The Morgan fingerprint density at radius 3 is 2.40 bits per heavy atom. The number of carbonyl (C=O) groups excluding carboxylic acids is 2. The molecule has 10 heavy (non-hydrogen) atoms. The molecule has 0 N–H and O–H groups in total. The van der Waals surface area contributed by atoms with E-state index in [-0.39, 0.29) is 0 Å². The Balaban J connectivity index is 2.95. The minimum absolute atomic E-state index is 0.338. The van der Waals surface area contributed by atoms with E-state index in [4.69, 9.17) is 0 Å². The van der Waals surface area contributed by atoms with E-state index in [2.05, 4.69) is 10.1 Å². The van der Waals surface area contributed by atoms with Crippen LogP contribution in [0.4, 0.5) is 4.79 Å². The zero-order valence-electron chi connectivity index (χ0n) is 5.67. The zero-order valence-corrected chi connectivity index (χ0v) is 5.67. The van der Waals surface area contributed by atoms with Gasteiger partial charge in [-0.15, -0.1) is 5.32 Å². The van der Waals surface area contributed by atoms with Gasteiger partial charge in [0.25, 0.3) is 5.91 Å². The Hall–Kier alpha value is -1.32. The molecule has 4 nitrogen and oxygen atoms in total. The molecule has 2 amide bonds. The van der Waals surface area contributed by atoms with Crippen LogP contribution in [-0.2, 0) is 9.53 Å². The second-order valence-corrected chi connectivity index (χ2v) is 1.97. The number of ether oxygens (including phenoxy) is 1. The summed E-state index contributed by atoms with van der Waals surface area (Å²) in [6.07, 6.45) is -0.826. The molecule has 0 spiro atoms. The highest BCUT2D eigenvalue weighted by Gasteiger charge is 2.22. The van der Waals surface area contributed by atoms with Crippen molar-refractivity contribution in [2.24, 2.45) is 0 Å². The molecule has 0 saturated carbocycles. The number of rotatable bonds is 0. The molecule has 0 aromatic heterocycles. The van der Waals surface area contributed by atoms with Gasteiger partial charge in [0.1, 0.15) is 5.76 Å². The van der Waals surface area contributed by atoms with E-state index < -0.39 is 12.0 Å². The van der Waals surface area contributed by atoms with Gasteiger partial charge < -0.3 is 4.74 Å². The molecule has 0 aromatic carbocycles. The van der Waals surface area contributed by atoms with E-state index in [9.17, 15) is 9.59 Å². The van der Waals surface area contributed by atoms with E-state index in [1.54, 1.807) is 13.8 Å². The van der Waals surface area contributed by atoms with Crippen LogP contribution in [0.1, 0.15) is 13.8 Å². The van der Waals surface area contributed by atoms with Gasteiger partial charge in [0.05, 0.1) is 5.57 Å². The summed E-state index contributed by atoms with van der Waals surface area (Å²) in [5.41, 5.74) is 0.389. The van der Waals surface area contributed by atoms with Gasteiger partial charge in [-0.2, -0.15) is 0 Å². The molecule has 0 aromatic rings. The number of nitrogens with zero attached hydrogens (tertiary/aromatic N) is 1. The second-order valence-electron chi connectivity index (χ2n) is 1.97. The van der Waals surface area contributed by atoms with E-state index in [0.29, 0.717) is 11.3 Å². The molecule has 1 aliphatic heterocycles. The van der Waals surface area contributed by atoms with Crippen molar-refractivity contribution in [3.05, 3.63) is 11.3 Å². The van der Waals surface area contributed by atoms with Crippen LogP contribution in [0.25, 0.3) is 0 Å². The number of hydrogen-bond acceptors (Lipinski definition) is 3. The number of carbonyl (C=O) groups is 2. The lowest BCUT2D eigenvalue weighted by Gasteiger charge is -2.11. The highest BCUT2D eigenvalue weighted by Crippen LogP contribution is 2.10. The van der Waals surface area contributed by atoms with Crippen molar-refractivity contribution < 1.29 is 14.3 Å². The molecule has 1 heterocycles. The zero-order chi connectivity index (χ0) is 7.72. The van der Waals surface area contributed by atoms with Crippen molar-refractivity contribution in [2.45, 2.75) is 13.8 Å². The molecule has 0 saturated heterocycles. The standard InChI is InChI=1S/C6H6NO3/c1-3-4(2)10-6(9)7-5(3)8/h1-2H3. The van der Waals surface area contributed by atoms with E-state index in [1.807, 2.05) is 0 Å². The molecule has 0 fully saturated rings. The van der Waals surface area contributed by atoms with Crippen LogP contribution in [0.15, 0.2) is 11.3 Å². The molecule has 53 valence electrons. The normalized spacial score (nSPS) is 18.6. The molecule has 4 heteroatoms. The number of hydrogen-bond donors (Lipinski definition) is 0. The van der Waals surface area contributed by atoms with Gasteiger partial charge >= 0.3 is 6.09 Å². The van der Waals surface area contributed by atoms with E-state index in [0.717, 1.165) is 0 Å². The first-order valence-electron chi connectivity index (χ1n) is 2.76. The van der Waals surface area contributed by atoms with Crippen LogP contribution < -0.4 is 5.32 Å². The fraction of sp³-hybridized carbons (Fsp3) is 0.333. The molecular weight excluding hydrogens is 134 g/mol. The SMILES string of the molecule is CC1=C(C)C(=O)[N]C(=O)O1. The minimum Gasteiger partial charge on any atom is -0.413 e.